The highest BCUT2D eigenvalue weighted by Crippen LogP contribution is 2.31. The largest absolute Gasteiger partial charge is 0.350 e. The molecule has 144 valence electrons. The van der Waals surface area contributed by atoms with Crippen LogP contribution in [0, 0.1) is 5.82 Å². The second kappa shape index (κ2) is 8.72. The zero-order valence-electron chi connectivity index (χ0n) is 14.1. The fourth-order valence-corrected chi connectivity index (χ4v) is 3.71. The molecule has 3 rings (SSSR count). The zero-order chi connectivity index (χ0) is 20.3. The number of hydrogen-bond donors (Lipinski definition) is 1. The van der Waals surface area contributed by atoms with Crippen LogP contribution in [0.25, 0.3) is 6.08 Å². The smallest absolute Gasteiger partial charge is 0.293 e. The molecular formula is C18H12Cl2FN3O3S. The van der Waals surface area contributed by atoms with Gasteiger partial charge < -0.3 is 5.32 Å². The van der Waals surface area contributed by atoms with Gasteiger partial charge in [0.05, 0.1) is 20.5 Å². The number of halogens is 3. The molecule has 1 N–H and O–H groups in total. The van der Waals surface area contributed by atoms with Crippen LogP contribution in [0.5, 0.6) is 0 Å². The third kappa shape index (κ3) is 4.52. The van der Waals surface area contributed by atoms with Crippen molar-refractivity contribution in [3.8, 4) is 0 Å². The Balaban J connectivity index is 1.61. The van der Waals surface area contributed by atoms with Gasteiger partial charge in [0.2, 0.25) is 0 Å². The highest BCUT2D eigenvalue weighted by Gasteiger charge is 2.34. The van der Waals surface area contributed by atoms with Gasteiger partial charge in [-0.05, 0) is 41.6 Å². The van der Waals surface area contributed by atoms with Crippen LogP contribution in [0.2, 0.25) is 10.0 Å². The molecule has 1 aromatic heterocycles. The molecular weight excluding hydrogens is 428 g/mol. The number of carbonyl (C=O) groups is 3. The van der Waals surface area contributed by atoms with Gasteiger partial charge in [-0.25, -0.2) is 4.39 Å². The van der Waals surface area contributed by atoms with Crippen molar-refractivity contribution in [3.63, 3.8) is 0 Å². The number of aromatic nitrogens is 1. The summed E-state index contributed by atoms with van der Waals surface area (Å²) < 4.78 is 13.5. The summed E-state index contributed by atoms with van der Waals surface area (Å²) in [7, 11) is 0. The number of thioether (sulfide) groups is 1. The van der Waals surface area contributed by atoms with E-state index in [-0.39, 0.29) is 33.6 Å². The van der Waals surface area contributed by atoms with Crippen molar-refractivity contribution < 1.29 is 18.8 Å². The first kappa shape index (κ1) is 20.3. The summed E-state index contributed by atoms with van der Waals surface area (Å²) in [5.41, 5.74) is 0.606. The molecule has 0 spiro atoms. The fraction of sp³-hybridized carbons (Fsp3) is 0.111. The third-order valence-corrected chi connectivity index (χ3v) is 5.24. The van der Waals surface area contributed by atoms with E-state index >= 15 is 0 Å². The minimum atomic E-state index is -0.775. The molecule has 28 heavy (non-hydrogen) atoms. The topological polar surface area (TPSA) is 79.4 Å². The molecule has 2 heterocycles. The molecule has 1 saturated heterocycles. The Bertz CT molecular complexity index is 986. The van der Waals surface area contributed by atoms with E-state index in [1.165, 1.54) is 0 Å². The number of nitrogens with one attached hydrogen (secondary N) is 1. The van der Waals surface area contributed by atoms with Crippen LogP contribution >= 0.6 is 35.0 Å². The average molecular weight is 440 g/mol. The van der Waals surface area contributed by atoms with Gasteiger partial charge in [0.1, 0.15) is 5.82 Å². The minimum absolute atomic E-state index is 0.00512. The molecule has 0 bridgehead atoms. The first-order valence-corrected chi connectivity index (χ1v) is 9.52. The molecule has 0 atom stereocenters. The van der Waals surface area contributed by atoms with Gasteiger partial charge in [0.15, 0.2) is 0 Å². The molecule has 0 aliphatic carbocycles. The Kier molecular flexibility index (Phi) is 6.33. The molecule has 0 unspecified atom stereocenters. The number of nitrogens with zero attached hydrogens (tertiary/aromatic N) is 2. The molecule has 0 radical (unpaired) electrons. The van der Waals surface area contributed by atoms with Gasteiger partial charge in [-0.1, -0.05) is 29.3 Å². The highest BCUT2D eigenvalue weighted by molar-refractivity contribution is 8.18. The number of imide groups is 1. The van der Waals surface area contributed by atoms with Gasteiger partial charge in [-0.15, -0.1) is 0 Å². The molecule has 3 amide bonds. The van der Waals surface area contributed by atoms with Crippen LogP contribution in [0.3, 0.4) is 0 Å². The maximum absolute atomic E-state index is 13.5. The lowest BCUT2D eigenvalue weighted by atomic mass is 10.2. The quantitative estimate of drug-likeness (QED) is 0.562. The lowest BCUT2D eigenvalue weighted by molar-refractivity contribution is -0.122. The van der Waals surface area contributed by atoms with E-state index in [0.717, 1.165) is 28.8 Å². The van der Waals surface area contributed by atoms with Crippen molar-refractivity contribution in [1.82, 2.24) is 15.2 Å². The summed E-state index contributed by atoms with van der Waals surface area (Å²) in [6.07, 6.45) is 4.75. The van der Waals surface area contributed by atoms with Crippen LogP contribution in [0.1, 0.15) is 15.9 Å². The van der Waals surface area contributed by atoms with Crippen molar-refractivity contribution in [2.75, 3.05) is 13.1 Å². The lowest BCUT2D eigenvalue weighted by Gasteiger charge is -2.13. The monoisotopic (exact) mass is 439 g/mol. The van der Waals surface area contributed by atoms with Gasteiger partial charge in [0.25, 0.3) is 17.1 Å². The predicted octanol–water partition coefficient (Wildman–Crippen LogP) is 3.99. The van der Waals surface area contributed by atoms with E-state index < -0.39 is 22.9 Å². The van der Waals surface area contributed by atoms with E-state index in [0.29, 0.717) is 5.56 Å². The number of hydrogen-bond acceptors (Lipinski definition) is 5. The summed E-state index contributed by atoms with van der Waals surface area (Å²) in [5, 5.41) is 1.86. The molecule has 6 nitrogen and oxygen atoms in total. The Morgan fingerprint density at radius 3 is 2.79 bits per heavy atom. The van der Waals surface area contributed by atoms with Crippen molar-refractivity contribution >= 4 is 58.1 Å². The zero-order valence-corrected chi connectivity index (χ0v) is 16.4. The van der Waals surface area contributed by atoms with Crippen LogP contribution in [0.4, 0.5) is 9.18 Å². The summed E-state index contributed by atoms with van der Waals surface area (Å²) >= 11 is 12.3. The van der Waals surface area contributed by atoms with E-state index in [1.807, 2.05) is 0 Å². The first-order valence-electron chi connectivity index (χ1n) is 7.95. The minimum Gasteiger partial charge on any atom is -0.350 e. The Labute approximate surface area is 173 Å². The second-order valence-corrected chi connectivity index (χ2v) is 7.43. The number of amides is 3. The van der Waals surface area contributed by atoms with Gasteiger partial charge in [-0.3, -0.25) is 24.3 Å². The number of benzene rings is 1. The van der Waals surface area contributed by atoms with Crippen molar-refractivity contribution in [2.24, 2.45) is 0 Å². The van der Waals surface area contributed by atoms with E-state index in [9.17, 15) is 18.8 Å². The SMILES string of the molecule is O=C(NCCN1C(=O)S/C(=C\c2cccnc2)C1=O)c1cc(F)c(Cl)cc1Cl. The first-order chi connectivity index (χ1) is 13.4. The summed E-state index contributed by atoms with van der Waals surface area (Å²) in [6.45, 7) is -0.0495. The van der Waals surface area contributed by atoms with Gasteiger partial charge in [0, 0.05) is 25.5 Å². The van der Waals surface area contributed by atoms with E-state index in [1.54, 1.807) is 30.6 Å². The highest BCUT2D eigenvalue weighted by atomic mass is 35.5. The van der Waals surface area contributed by atoms with Crippen LogP contribution in [0.15, 0.2) is 41.6 Å². The third-order valence-electron chi connectivity index (χ3n) is 3.73. The Morgan fingerprint density at radius 1 is 1.29 bits per heavy atom. The second-order valence-electron chi connectivity index (χ2n) is 5.62. The van der Waals surface area contributed by atoms with E-state index in [4.69, 9.17) is 23.2 Å². The summed E-state index contributed by atoms with van der Waals surface area (Å²) in [6, 6.07) is 5.54. The van der Waals surface area contributed by atoms with Gasteiger partial charge in [-0.2, -0.15) is 0 Å². The van der Waals surface area contributed by atoms with Crippen LogP contribution < -0.4 is 5.32 Å². The van der Waals surface area contributed by atoms with Crippen molar-refractivity contribution in [2.45, 2.75) is 0 Å². The molecule has 2 aromatic rings. The molecule has 1 aliphatic heterocycles. The molecule has 0 saturated carbocycles. The molecule has 10 heteroatoms. The average Bonchev–Trinajstić information content (AvgIpc) is 2.92. The lowest BCUT2D eigenvalue weighted by Crippen LogP contribution is -2.37. The maximum Gasteiger partial charge on any atom is 0.293 e. The Morgan fingerprint density at radius 2 is 2.07 bits per heavy atom. The standard InChI is InChI=1S/C18H12Cl2FN3O3S/c19-12-8-13(20)14(21)7-11(12)16(25)23-4-5-24-17(26)15(28-18(24)27)6-10-2-1-3-22-9-10/h1-3,6-9H,4-5H2,(H,23,25)/b15-6-. The fourth-order valence-electron chi connectivity index (χ4n) is 2.38. The number of pyridine rings is 1. The molecule has 1 fully saturated rings. The number of carbonyl (C=O) groups excluding carboxylic acids is 3. The summed E-state index contributed by atoms with van der Waals surface area (Å²) in [4.78, 5) is 41.9. The summed E-state index contributed by atoms with van der Waals surface area (Å²) in [5.74, 6) is -1.87. The van der Waals surface area contributed by atoms with Gasteiger partial charge >= 0.3 is 0 Å². The van der Waals surface area contributed by atoms with Crippen molar-refractivity contribution in [3.05, 3.63) is 68.6 Å². The molecule has 1 aromatic carbocycles. The van der Waals surface area contributed by atoms with E-state index in [2.05, 4.69) is 10.3 Å². The van der Waals surface area contributed by atoms with Crippen LogP contribution in [-0.2, 0) is 4.79 Å². The number of rotatable bonds is 5. The Hall–Kier alpha value is -2.42. The maximum atomic E-state index is 13.5. The normalized spacial score (nSPS) is 15.4. The van der Waals surface area contributed by atoms with Crippen LogP contribution in [-0.4, -0.2) is 40.0 Å². The molecule has 1 aliphatic rings. The predicted molar refractivity (Wildman–Crippen MR) is 106 cm³/mol. The van der Waals surface area contributed by atoms with Crippen molar-refractivity contribution in [1.29, 1.82) is 0 Å².